The predicted molar refractivity (Wildman–Crippen MR) is 87.8 cm³/mol. The molecule has 0 radical (unpaired) electrons. The van der Waals surface area contributed by atoms with Gasteiger partial charge in [-0.2, -0.15) is 0 Å². The van der Waals surface area contributed by atoms with Crippen LogP contribution in [0.4, 0.5) is 11.4 Å². The topological polar surface area (TPSA) is 81.5 Å². The fraction of sp³-hybridized carbons (Fsp3) is 0.235. The first-order valence-electron chi connectivity index (χ1n) is 7.14. The molecule has 6 heteroatoms. The molecule has 6 nitrogen and oxygen atoms in total. The third-order valence-corrected chi connectivity index (χ3v) is 3.43. The van der Waals surface area contributed by atoms with Gasteiger partial charge in [-0.1, -0.05) is 24.3 Å². The monoisotopic (exact) mass is 314 g/mol. The average Bonchev–Trinajstić information content (AvgIpc) is 2.54. The highest BCUT2D eigenvalue weighted by atomic mass is 16.6. The van der Waals surface area contributed by atoms with E-state index in [0.29, 0.717) is 5.75 Å². The molecule has 0 aliphatic rings. The van der Waals surface area contributed by atoms with Crippen LogP contribution in [0.25, 0.3) is 0 Å². The minimum Gasteiger partial charge on any atom is -0.495 e. The molecule has 0 amide bonds. The molecule has 23 heavy (non-hydrogen) atoms. The molecule has 0 bridgehead atoms. The number of hydrogen-bond donors (Lipinski definition) is 1. The molecule has 1 N–H and O–H groups in total. The summed E-state index contributed by atoms with van der Waals surface area (Å²) in [6, 6.07) is 13.3. The zero-order valence-electron chi connectivity index (χ0n) is 13.0. The van der Waals surface area contributed by atoms with Crippen molar-refractivity contribution < 1.29 is 14.5 Å². The first-order chi connectivity index (χ1) is 11.0. The van der Waals surface area contributed by atoms with E-state index >= 15 is 0 Å². The molecule has 0 saturated heterocycles. The second-order valence-electron chi connectivity index (χ2n) is 5.15. The zero-order valence-corrected chi connectivity index (χ0v) is 13.0. The molecule has 1 atom stereocenters. The molecule has 0 unspecified atom stereocenters. The SMILES string of the molecule is COc1ccccc1N[C@H](CC(C)=O)c1ccc([N+](=O)[O-])cc1. The lowest BCUT2D eigenvalue weighted by molar-refractivity contribution is -0.384. The number of hydrogen-bond acceptors (Lipinski definition) is 5. The molecule has 2 aromatic rings. The summed E-state index contributed by atoms with van der Waals surface area (Å²) in [5.41, 5.74) is 1.59. The van der Waals surface area contributed by atoms with Crippen molar-refractivity contribution in [3.05, 3.63) is 64.2 Å². The number of nitrogens with zero attached hydrogens (tertiary/aromatic N) is 1. The maximum absolute atomic E-state index is 11.6. The number of benzene rings is 2. The number of ether oxygens (including phenoxy) is 1. The summed E-state index contributed by atoms with van der Waals surface area (Å²) in [5, 5.41) is 14.0. The number of carbonyl (C=O) groups excluding carboxylic acids is 1. The summed E-state index contributed by atoms with van der Waals surface area (Å²) in [4.78, 5) is 21.9. The second kappa shape index (κ2) is 7.40. The van der Waals surface area contributed by atoms with Crippen molar-refractivity contribution in [1.29, 1.82) is 0 Å². The minimum absolute atomic E-state index is 0.0209. The van der Waals surface area contributed by atoms with Crippen LogP contribution >= 0.6 is 0 Å². The number of non-ortho nitro benzene ring substituents is 1. The van der Waals surface area contributed by atoms with Gasteiger partial charge in [0.15, 0.2) is 0 Å². The molecule has 0 spiro atoms. The Hall–Kier alpha value is -2.89. The van der Waals surface area contributed by atoms with E-state index in [2.05, 4.69) is 5.32 Å². The molecule has 0 saturated carbocycles. The van der Waals surface area contributed by atoms with Gasteiger partial charge >= 0.3 is 0 Å². The van der Waals surface area contributed by atoms with E-state index in [1.54, 1.807) is 19.2 Å². The first-order valence-corrected chi connectivity index (χ1v) is 7.14. The number of nitro benzene ring substituents is 1. The Morgan fingerprint density at radius 2 is 1.87 bits per heavy atom. The Kier molecular flexibility index (Phi) is 5.30. The number of nitrogens with one attached hydrogen (secondary N) is 1. The van der Waals surface area contributed by atoms with Gasteiger partial charge in [-0.3, -0.25) is 14.9 Å². The van der Waals surface area contributed by atoms with Crippen molar-refractivity contribution in [2.45, 2.75) is 19.4 Å². The minimum atomic E-state index is -0.447. The van der Waals surface area contributed by atoms with Gasteiger partial charge in [0.25, 0.3) is 5.69 Å². The Bertz CT molecular complexity index is 698. The summed E-state index contributed by atoms with van der Waals surface area (Å²) >= 11 is 0. The smallest absolute Gasteiger partial charge is 0.269 e. The number of carbonyl (C=O) groups is 1. The molecular weight excluding hydrogens is 296 g/mol. The van der Waals surface area contributed by atoms with E-state index in [4.69, 9.17) is 4.74 Å². The summed E-state index contributed by atoms with van der Waals surface area (Å²) in [6.07, 6.45) is 0.274. The molecule has 0 heterocycles. The maximum Gasteiger partial charge on any atom is 0.269 e. The highest BCUT2D eigenvalue weighted by Gasteiger charge is 2.17. The fourth-order valence-corrected chi connectivity index (χ4v) is 2.32. The number of para-hydroxylation sites is 2. The van der Waals surface area contributed by atoms with Gasteiger partial charge in [0.05, 0.1) is 23.8 Å². The van der Waals surface area contributed by atoms with Gasteiger partial charge in [-0.25, -0.2) is 0 Å². The van der Waals surface area contributed by atoms with Crippen LogP contribution in [0.1, 0.15) is 24.9 Å². The van der Waals surface area contributed by atoms with Gasteiger partial charge in [0.2, 0.25) is 0 Å². The van der Waals surface area contributed by atoms with E-state index < -0.39 is 4.92 Å². The normalized spacial score (nSPS) is 11.6. The van der Waals surface area contributed by atoms with E-state index in [1.807, 2.05) is 24.3 Å². The van der Waals surface area contributed by atoms with Crippen molar-refractivity contribution in [1.82, 2.24) is 0 Å². The van der Waals surface area contributed by atoms with Crippen LogP contribution in [0.2, 0.25) is 0 Å². The van der Waals surface area contributed by atoms with Gasteiger partial charge in [-0.15, -0.1) is 0 Å². The highest BCUT2D eigenvalue weighted by Crippen LogP contribution is 2.30. The molecule has 120 valence electrons. The maximum atomic E-state index is 11.6. The Labute approximate surface area is 134 Å². The Morgan fingerprint density at radius 3 is 2.43 bits per heavy atom. The molecule has 0 aromatic heterocycles. The lowest BCUT2D eigenvalue weighted by Crippen LogP contribution is -2.14. The lowest BCUT2D eigenvalue weighted by Gasteiger charge is -2.20. The standard InChI is InChI=1S/C17H18N2O4/c1-12(20)11-16(13-7-9-14(10-8-13)19(21)22)18-15-5-3-4-6-17(15)23-2/h3-10,16,18H,11H2,1-2H3/t16-/m1/s1. The van der Waals surface area contributed by atoms with E-state index in [1.165, 1.54) is 19.1 Å². The van der Waals surface area contributed by atoms with Crippen LogP contribution in [0.5, 0.6) is 5.75 Å². The summed E-state index contributed by atoms with van der Waals surface area (Å²) in [6.45, 7) is 1.52. The number of Topliss-reactive ketones (excluding diaryl/α,β-unsaturated/α-hetero) is 1. The summed E-state index contributed by atoms with van der Waals surface area (Å²) < 4.78 is 5.30. The van der Waals surface area contributed by atoms with E-state index in [0.717, 1.165) is 11.3 Å². The quantitative estimate of drug-likeness (QED) is 0.622. The van der Waals surface area contributed by atoms with Gasteiger partial charge < -0.3 is 10.1 Å². The fourth-order valence-electron chi connectivity index (χ4n) is 2.32. The second-order valence-corrected chi connectivity index (χ2v) is 5.15. The molecule has 0 aliphatic heterocycles. The molecule has 2 aromatic carbocycles. The number of nitro groups is 1. The predicted octanol–water partition coefficient (Wildman–Crippen LogP) is 3.74. The number of ketones is 1. The zero-order chi connectivity index (χ0) is 16.8. The van der Waals surface area contributed by atoms with Crippen LogP contribution in [0, 0.1) is 10.1 Å². The largest absolute Gasteiger partial charge is 0.495 e. The van der Waals surface area contributed by atoms with Gasteiger partial charge in [0, 0.05) is 18.6 Å². The first kappa shape index (κ1) is 16.5. The van der Waals surface area contributed by atoms with Gasteiger partial charge in [-0.05, 0) is 24.6 Å². The van der Waals surface area contributed by atoms with E-state index in [9.17, 15) is 14.9 Å². The summed E-state index contributed by atoms with van der Waals surface area (Å²) in [5.74, 6) is 0.693. The van der Waals surface area contributed by atoms with Gasteiger partial charge in [0.1, 0.15) is 11.5 Å². The lowest BCUT2D eigenvalue weighted by atomic mass is 10.0. The Balaban J connectivity index is 2.29. The molecule has 2 rings (SSSR count). The van der Waals surface area contributed by atoms with Crippen LogP contribution in [0.3, 0.4) is 0 Å². The third kappa shape index (κ3) is 4.29. The highest BCUT2D eigenvalue weighted by molar-refractivity contribution is 5.77. The third-order valence-electron chi connectivity index (χ3n) is 3.43. The number of methoxy groups -OCH3 is 1. The van der Waals surface area contributed by atoms with Crippen molar-refractivity contribution >= 4 is 17.2 Å². The van der Waals surface area contributed by atoms with Crippen molar-refractivity contribution in [3.63, 3.8) is 0 Å². The van der Waals surface area contributed by atoms with Crippen LogP contribution in [-0.2, 0) is 4.79 Å². The van der Waals surface area contributed by atoms with Crippen LogP contribution in [0.15, 0.2) is 48.5 Å². The molecule has 0 fully saturated rings. The summed E-state index contributed by atoms with van der Waals surface area (Å²) in [7, 11) is 1.58. The van der Waals surface area contributed by atoms with Crippen molar-refractivity contribution in [2.75, 3.05) is 12.4 Å². The average molecular weight is 314 g/mol. The molecular formula is C17H18N2O4. The van der Waals surface area contributed by atoms with Crippen LogP contribution < -0.4 is 10.1 Å². The number of rotatable bonds is 7. The van der Waals surface area contributed by atoms with E-state index in [-0.39, 0.29) is 23.9 Å². The van der Waals surface area contributed by atoms with Crippen molar-refractivity contribution in [3.8, 4) is 5.75 Å². The van der Waals surface area contributed by atoms with Crippen molar-refractivity contribution in [2.24, 2.45) is 0 Å². The number of anilines is 1. The Morgan fingerprint density at radius 1 is 1.22 bits per heavy atom. The van der Waals surface area contributed by atoms with Crippen LogP contribution in [-0.4, -0.2) is 17.8 Å². The molecule has 0 aliphatic carbocycles.